The van der Waals surface area contributed by atoms with E-state index in [0.717, 1.165) is 24.3 Å². The van der Waals surface area contributed by atoms with Crippen molar-refractivity contribution in [3.8, 4) is 0 Å². The van der Waals surface area contributed by atoms with Crippen LogP contribution in [-0.4, -0.2) is 225 Å². The maximum absolute atomic E-state index is 13.3. The number of nitrogens with one attached hydrogen (secondary N) is 2. The number of ether oxygens (including phenoxy) is 3. The minimum Gasteiger partial charge on any atom is -0.389 e. The number of nitrogen functional groups attached to an aromatic ring is 1. The van der Waals surface area contributed by atoms with Crippen LogP contribution in [0.1, 0.15) is 32.9 Å². The van der Waals surface area contributed by atoms with Crippen LogP contribution in [-0.2, 0) is 69.0 Å². The third-order valence-electron chi connectivity index (χ3n) is 12.0. The summed E-state index contributed by atoms with van der Waals surface area (Å²) < 4.78 is 97.9. The highest BCUT2D eigenvalue weighted by Crippen LogP contribution is 2.61. The third-order valence-corrected chi connectivity index (χ3v) is 18.3. The molecule has 436 valence electrons. The molecule has 3 fully saturated rings. The van der Waals surface area contributed by atoms with Crippen LogP contribution < -0.4 is 33.6 Å². The van der Waals surface area contributed by atoms with Crippen molar-refractivity contribution in [2.45, 2.75) is 118 Å². The number of imidazole rings is 1. The maximum Gasteiger partial charge on any atom is 0.481 e. The fourth-order valence-corrected chi connectivity index (χ4v) is 13.2. The van der Waals surface area contributed by atoms with E-state index in [-0.39, 0.29) is 54.8 Å². The van der Waals surface area contributed by atoms with Crippen LogP contribution in [0.5, 0.6) is 0 Å². The second-order valence-corrected chi connectivity index (χ2v) is 26.0. The molecule has 2 aromatic rings. The van der Waals surface area contributed by atoms with E-state index in [4.69, 9.17) is 55.2 Å². The molecule has 20 N–H and O–H groups in total. The highest BCUT2D eigenvalue weighted by molar-refractivity contribution is 7.99. The summed E-state index contributed by atoms with van der Waals surface area (Å²) in [7, 11) is -19.2. The van der Waals surface area contributed by atoms with Crippen LogP contribution in [0.25, 0.3) is 11.2 Å². The highest BCUT2D eigenvalue weighted by atomic mass is 32.2. The van der Waals surface area contributed by atoms with Crippen molar-refractivity contribution in [1.82, 2.24) is 30.2 Å². The van der Waals surface area contributed by atoms with Gasteiger partial charge in [0.2, 0.25) is 11.8 Å². The van der Waals surface area contributed by atoms with Gasteiger partial charge in [-0.15, -0.1) is 0 Å². The summed E-state index contributed by atoms with van der Waals surface area (Å²) in [6, 6.07) is -2.97. The molecule has 0 bridgehead atoms. The summed E-state index contributed by atoms with van der Waals surface area (Å²) in [5.74, 6) is -1.09. The van der Waals surface area contributed by atoms with E-state index in [1.54, 1.807) is 0 Å². The smallest absolute Gasteiger partial charge is 0.389 e. The number of carbonyl (C=O) groups is 2. The molecule has 76 heavy (non-hydrogen) atoms. The van der Waals surface area contributed by atoms with Gasteiger partial charge in [0.15, 0.2) is 24.0 Å². The van der Waals surface area contributed by atoms with Crippen molar-refractivity contribution in [3.63, 3.8) is 0 Å². The second kappa shape index (κ2) is 27.0. The molecule has 3 aliphatic rings. The van der Waals surface area contributed by atoms with Gasteiger partial charge in [0.25, 0.3) is 0 Å². The van der Waals surface area contributed by atoms with Gasteiger partial charge in [0.05, 0.1) is 44.5 Å². The second-order valence-electron chi connectivity index (χ2n) is 18.2. The first-order chi connectivity index (χ1) is 35.3. The molecule has 18 atom stereocenters. The fourth-order valence-electron chi connectivity index (χ4n) is 7.71. The Balaban J connectivity index is 0.982. The number of aromatic nitrogens is 4. The van der Waals surface area contributed by atoms with Gasteiger partial charge in [-0.25, -0.2) is 28.6 Å². The van der Waals surface area contributed by atoms with Gasteiger partial charge in [-0.2, -0.15) is 16.1 Å². The van der Waals surface area contributed by atoms with E-state index >= 15 is 0 Å². The average Bonchev–Trinajstić information content (AvgIpc) is 3.90. The Bertz CT molecular complexity index is 2470. The number of aliphatic hydroxyl groups excluding tert-OH is 6. The molecular formula is C36H66N10O25P4S. The Morgan fingerprint density at radius 2 is 1.51 bits per heavy atom. The van der Waals surface area contributed by atoms with Gasteiger partial charge >= 0.3 is 31.1 Å². The van der Waals surface area contributed by atoms with E-state index in [0.29, 0.717) is 5.75 Å². The Labute approximate surface area is 436 Å². The summed E-state index contributed by atoms with van der Waals surface area (Å²) in [5, 5.41) is 68.5. The van der Waals surface area contributed by atoms with Crippen LogP contribution in [0.2, 0.25) is 0 Å². The summed E-state index contributed by atoms with van der Waals surface area (Å²) in [5.41, 5.74) is 22.1. The van der Waals surface area contributed by atoms with Crippen LogP contribution in [0.4, 0.5) is 5.82 Å². The summed E-state index contributed by atoms with van der Waals surface area (Å²) in [6.45, 7) is -0.374. The van der Waals surface area contributed by atoms with Crippen LogP contribution in [0, 0.1) is 5.41 Å². The molecule has 40 heteroatoms. The predicted molar refractivity (Wildman–Crippen MR) is 258 cm³/mol. The van der Waals surface area contributed by atoms with Crippen molar-refractivity contribution < 1.29 is 119 Å². The lowest BCUT2D eigenvalue weighted by molar-refractivity contribution is -0.293. The SMILES string of the molecule is COP(=O)(CCSCCNC(=O)CCNC(=O)[C@H](O)C(C)(C)COP(=O)(O)OP(=O)(O)OC[C@H]1O[C@@H](n2cnc3c(N)ncnc32)[C@H](O)[C@@H]1OP(=O)(O)O)OC[C@H]1O[C@H](O[C@H]2[C@H](O)[C@@H](O)[C@H](N)C[C@@H]2N)[C@H](N)[C@@H](O)[C@@H]1O. The summed E-state index contributed by atoms with van der Waals surface area (Å²) >= 11 is 1.26. The number of hydrogen-bond donors (Lipinski definition) is 16. The monoisotopic (exact) mass is 1190 g/mol. The van der Waals surface area contributed by atoms with Crippen molar-refractivity contribution in [2.75, 3.05) is 63.4 Å². The fraction of sp³-hybridized carbons (Fsp3) is 0.806. The number of thioether (sulfide) groups is 1. The Hall–Kier alpha value is -2.32. The number of hydrogen-bond acceptors (Lipinski definition) is 29. The standard InChI is InChI=1S/C36H66N10O25P4S/c1-36(2,13-66-75(61,62)71-74(59,60)65-12-19-29(70-73(56,57)58)27(52)34(67-19)46-15-45-22-31(40)43-14-44-32(22)46)30(53)33(54)42-5-4-20(47)41-6-8-76-9-7-72(55,63-3)64-11-18-24(49)25(50)21(39)35(68-18)69-28-17(38)10-16(37)23(48)26(28)51/h14-19,21,23-30,34-35,48-53H,4-13,37-39H2,1-3H3,(H,41,47)(H,42,54)(H,59,60)(H,61,62)(H2,40,43,44)(H2,56,57,58)/t16-,17+,18-,19-,21-,23+,24-,25-,26-,27-,28-,29-,30+,34-,35-,72?/m1/s1. The minimum absolute atomic E-state index is 0.00745. The van der Waals surface area contributed by atoms with E-state index in [9.17, 15) is 78.1 Å². The van der Waals surface area contributed by atoms with Crippen LogP contribution in [0.3, 0.4) is 0 Å². The molecule has 2 saturated heterocycles. The molecule has 2 aliphatic heterocycles. The number of rotatable bonds is 28. The Morgan fingerprint density at radius 1 is 0.842 bits per heavy atom. The normalized spacial score (nSPS) is 32.3. The lowest BCUT2D eigenvalue weighted by Crippen LogP contribution is -2.67. The molecule has 0 radical (unpaired) electrons. The maximum atomic E-state index is 13.3. The summed E-state index contributed by atoms with van der Waals surface area (Å²) in [6.07, 6.45) is -17.3. The zero-order chi connectivity index (χ0) is 56.7. The molecule has 35 nitrogen and oxygen atoms in total. The molecular weight excluding hydrogens is 1130 g/mol. The van der Waals surface area contributed by atoms with Crippen LogP contribution >= 0.6 is 42.8 Å². The zero-order valence-corrected chi connectivity index (χ0v) is 45.2. The lowest BCUT2D eigenvalue weighted by atomic mass is 9.84. The molecule has 0 aromatic carbocycles. The van der Waals surface area contributed by atoms with Crippen molar-refractivity contribution in [2.24, 2.45) is 22.6 Å². The topological polar surface area (TPSA) is 560 Å². The van der Waals surface area contributed by atoms with Crippen molar-refractivity contribution >= 4 is 71.6 Å². The molecule has 2 amide bonds. The van der Waals surface area contributed by atoms with E-state index in [2.05, 4.69) is 34.4 Å². The number of nitrogens with zero attached hydrogens (tertiary/aromatic N) is 4. The molecule has 1 aliphatic carbocycles. The van der Waals surface area contributed by atoms with Crippen LogP contribution in [0.15, 0.2) is 12.7 Å². The number of phosphoric ester groups is 3. The van der Waals surface area contributed by atoms with Gasteiger partial charge < -0.3 is 107 Å². The van der Waals surface area contributed by atoms with E-state index < -0.39 is 160 Å². The number of nitrogens with two attached hydrogens (primary N) is 4. The van der Waals surface area contributed by atoms with Gasteiger partial charge in [-0.1, -0.05) is 13.8 Å². The molecule has 3 unspecified atom stereocenters. The average molecular weight is 1190 g/mol. The van der Waals surface area contributed by atoms with E-state index in [1.165, 1.54) is 25.6 Å². The number of fused-ring (bicyclic) bond motifs is 1. The quantitative estimate of drug-likeness (QED) is 0.0280. The van der Waals surface area contributed by atoms with Crippen molar-refractivity contribution in [1.29, 1.82) is 0 Å². The molecule has 2 aromatic heterocycles. The first-order valence-corrected chi connectivity index (χ1v) is 30.3. The highest BCUT2D eigenvalue weighted by Gasteiger charge is 2.51. The lowest BCUT2D eigenvalue weighted by Gasteiger charge is -2.45. The first-order valence-electron chi connectivity index (χ1n) is 22.8. The summed E-state index contributed by atoms with van der Waals surface area (Å²) in [4.78, 5) is 76.4. The number of anilines is 1. The number of amides is 2. The largest absolute Gasteiger partial charge is 0.481 e. The van der Waals surface area contributed by atoms with Gasteiger partial charge in [0, 0.05) is 55.6 Å². The van der Waals surface area contributed by atoms with E-state index in [1.807, 2.05) is 0 Å². The third kappa shape index (κ3) is 17.3. The molecule has 0 spiro atoms. The zero-order valence-electron chi connectivity index (χ0n) is 40.8. The van der Waals surface area contributed by atoms with Gasteiger partial charge in [-0.05, 0) is 6.42 Å². The Kier molecular flexibility index (Phi) is 22.9. The number of phosphoric acid groups is 3. The van der Waals surface area contributed by atoms with Crippen molar-refractivity contribution in [3.05, 3.63) is 12.7 Å². The number of carbonyl (C=O) groups excluding carboxylic acids is 2. The van der Waals surface area contributed by atoms with Gasteiger partial charge in [-0.3, -0.25) is 32.3 Å². The molecule has 5 rings (SSSR count). The van der Waals surface area contributed by atoms with Gasteiger partial charge in [0.1, 0.15) is 66.8 Å². The molecule has 1 saturated carbocycles. The predicted octanol–water partition coefficient (Wildman–Crippen LogP) is -5.07. The Morgan fingerprint density at radius 3 is 2.18 bits per heavy atom. The first kappa shape index (κ1) is 64.5. The number of aliphatic hydroxyl groups is 6. The minimum atomic E-state index is -5.63. The molecule has 4 heterocycles.